The van der Waals surface area contributed by atoms with Gasteiger partial charge in [-0.1, -0.05) is 13.8 Å². The van der Waals surface area contributed by atoms with Crippen molar-refractivity contribution >= 4 is 5.91 Å². The highest BCUT2D eigenvalue weighted by molar-refractivity contribution is 5.79. The molecule has 1 heterocycles. The average molecular weight is 236 g/mol. The minimum Gasteiger partial charge on any atom is -0.340 e. The molecular formula is C10H15F3N2O. The van der Waals surface area contributed by atoms with Crippen LogP contribution >= 0.6 is 0 Å². The summed E-state index contributed by atoms with van der Waals surface area (Å²) in [6, 6.07) is 0. The Bertz CT molecular complexity index is 341. The maximum Gasteiger partial charge on any atom is 0.398 e. The summed E-state index contributed by atoms with van der Waals surface area (Å²) in [4.78, 5) is 12.9. The third kappa shape index (κ3) is 1.28. The lowest BCUT2D eigenvalue weighted by molar-refractivity contribution is -0.189. The van der Waals surface area contributed by atoms with Gasteiger partial charge < -0.3 is 10.6 Å². The van der Waals surface area contributed by atoms with Gasteiger partial charge in [0.2, 0.25) is 5.91 Å². The molecule has 2 atom stereocenters. The summed E-state index contributed by atoms with van der Waals surface area (Å²) >= 11 is 0. The Morgan fingerprint density at radius 2 is 1.94 bits per heavy atom. The van der Waals surface area contributed by atoms with Crippen LogP contribution in [-0.2, 0) is 4.79 Å². The van der Waals surface area contributed by atoms with Gasteiger partial charge in [-0.3, -0.25) is 4.79 Å². The van der Waals surface area contributed by atoms with Crippen molar-refractivity contribution in [2.24, 2.45) is 17.1 Å². The third-order valence-corrected chi connectivity index (χ3v) is 3.73. The van der Waals surface area contributed by atoms with Crippen molar-refractivity contribution in [3.63, 3.8) is 0 Å². The Kier molecular flexibility index (Phi) is 2.13. The number of halogens is 3. The van der Waals surface area contributed by atoms with E-state index >= 15 is 0 Å². The molecule has 0 bridgehead atoms. The first-order chi connectivity index (χ1) is 7.13. The van der Waals surface area contributed by atoms with E-state index in [0.29, 0.717) is 0 Å². The second-order valence-electron chi connectivity index (χ2n) is 5.26. The molecule has 0 spiro atoms. The van der Waals surface area contributed by atoms with E-state index in [-0.39, 0.29) is 31.3 Å². The SMILES string of the molecule is CC(C)C(=O)N1C[C@@]2(N)C[C@@]2(C(F)(F)F)C1. The van der Waals surface area contributed by atoms with Gasteiger partial charge in [0.15, 0.2) is 0 Å². The molecule has 0 aromatic rings. The average Bonchev–Trinajstić information content (AvgIpc) is 2.59. The van der Waals surface area contributed by atoms with E-state index in [9.17, 15) is 18.0 Å². The van der Waals surface area contributed by atoms with Crippen molar-refractivity contribution in [1.29, 1.82) is 0 Å². The molecule has 0 unspecified atom stereocenters. The maximum atomic E-state index is 12.9. The van der Waals surface area contributed by atoms with Crippen LogP contribution in [0.15, 0.2) is 0 Å². The second-order valence-corrected chi connectivity index (χ2v) is 5.26. The van der Waals surface area contributed by atoms with Gasteiger partial charge in [-0.2, -0.15) is 13.2 Å². The molecule has 1 aliphatic carbocycles. The molecular weight excluding hydrogens is 221 g/mol. The number of rotatable bonds is 1. The third-order valence-electron chi connectivity index (χ3n) is 3.73. The molecule has 16 heavy (non-hydrogen) atoms. The number of fused-ring (bicyclic) bond motifs is 1. The standard InChI is InChI=1S/C10H15F3N2O/c1-6(2)7(16)15-4-8(10(11,12)13)3-9(8,14)5-15/h6H,3-5,14H2,1-2H3/t8-,9+/m1/s1. The predicted molar refractivity (Wildman–Crippen MR) is 51.4 cm³/mol. The molecule has 2 rings (SSSR count). The highest BCUT2D eigenvalue weighted by Crippen LogP contribution is 2.67. The number of nitrogens with zero attached hydrogens (tertiary/aromatic N) is 1. The normalized spacial score (nSPS) is 37.8. The van der Waals surface area contributed by atoms with Gasteiger partial charge in [0.05, 0.1) is 5.54 Å². The number of amides is 1. The lowest BCUT2D eigenvalue weighted by atomic mass is 10.0. The monoisotopic (exact) mass is 236 g/mol. The zero-order chi connectivity index (χ0) is 12.4. The highest BCUT2D eigenvalue weighted by Gasteiger charge is 2.82. The number of hydrogen-bond acceptors (Lipinski definition) is 2. The van der Waals surface area contributed by atoms with Crippen LogP contribution in [0.4, 0.5) is 13.2 Å². The number of carbonyl (C=O) groups is 1. The molecule has 2 fully saturated rings. The second kappa shape index (κ2) is 2.91. The van der Waals surface area contributed by atoms with E-state index < -0.39 is 17.1 Å². The van der Waals surface area contributed by atoms with Crippen LogP contribution in [0, 0.1) is 11.3 Å². The number of nitrogens with two attached hydrogens (primary N) is 1. The molecule has 1 saturated carbocycles. The van der Waals surface area contributed by atoms with Crippen molar-refractivity contribution in [2.45, 2.75) is 32.0 Å². The van der Waals surface area contributed by atoms with Gasteiger partial charge >= 0.3 is 6.18 Å². The number of hydrogen-bond donors (Lipinski definition) is 1. The molecule has 1 aliphatic heterocycles. The minimum atomic E-state index is -4.31. The van der Waals surface area contributed by atoms with Crippen LogP contribution in [0.1, 0.15) is 20.3 Å². The molecule has 2 aliphatic rings. The lowest BCUT2D eigenvalue weighted by Gasteiger charge is -2.23. The Balaban J connectivity index is 2.17. The fourth-order valence-electron chi connectivity index (χ4n) is 2.63. The zero-order valence-electron chi connectivity index (χ0n) is 9.27. The minimum absolute atomic E-state index is 0.0313. The van der Waals surface area contributed by atoms with E-state index in [2.05, 4.69) is 0 Å². The van der Waals surface area contributed by atoms with Crippen LogP contribution in [-0.4, -0.2) is 35.6 Å². The predicted octanol–water partition coefficient (Wildman–Crippen LogP) is 1.13. The fourth-order valence-corrected chi connectivity index (χ4v) is 2.63. The van der Waals surface area contributed by atoms with Crippen LogP contribution in [0.2, 0.25) is 0 Å². The Morgan fingerprint density at radius 3 is 2.31 bits per heavy atom. The van der Waals surface area contributed by atoms with Gasteiger partial charge in [-0.05, 0) is 6.42 Å². The summed E-state index contributed by atoms with van der Waals surface area (Å²) < 4.78 is 38.6. The summed E-state index contributed by atoms with van der Waals surface area (Å²) in [5.41, 5.74) is 2.60. The van der Waals surface area contributed by atoms with Crippen LogP contribution < -0.4 is 5.73 Å². The van der Waals surface area contributed by atoms with Gasteiger partial charge in [-0.25, -0.2) is 0 Å². The number of carbonyl (C=O) groups excluding carboxylic acids is 1. The summed E-state index contributed by atoms with van der Waals surface area (Å²) in [6.45, 7) is 3.11. The van der Waals surface area contributed by atoms with E-state index in [1.165, 1.54) is 4.90 Å². The van der Waals surface area contributed by atoms with Crippen LogP contribution in [0.25, 0.3) is 0 Å². The Morgan fingerprint density at radius 1 is 1.38 bits per heavy atom. The first-order valence-corrected chi connectivity index (χ1v) is 5.27. The molecule has 0 aromatic heterocycles. The summed E-state index contributed by atoms with van der Waals surface area (Å²) in [5.74, 6) is -0.535. The zero-order valence-corrected chi connectivity index (χ0v) is 9.27. The highest BCUT2D eigenvalue weighted by atomic mass is 19.4. The van der Waals surface area contributed by atoms with Crippen LogP contribution in [0.3, 0.4) is 0 Å². The van der Waals surface area contributed by atoms with E-state index in [1.54, 1.807) is 13.8 Å². The number of piperidine rings is 1. The maximum absolute atomic E-state index is 12.9. The Labute approximate surface area is 91.8 Å². The molecule has 3 nitrogen and oxygen atoms in total. The van der Waals surface area contributed by atoms with E-state index in [0.717, 1.165) is 0 Å². The smallest absolute Gasteiger partial charge is 0.340 e. The van der Waals surface area contributed by atoms with E-state index in [4.69, 9.17) is 5.73 Å². The van der Waals surface area contributed by atoms with Gasteiger partial charge in [0.25, 0.3) is 0 Å². The first kappa shape index (κ1) is 11.7. The molecule has 92 valence electrons. The van der Waals surface area contributed by atoms with Crippen molar-refractivity contribution in [3.05, 3.63) is 0 Å². The number of alkyl halides is 3. The molecule has 1 saturated heterocycles. The van der Waals surface area contributed by atoms with Crippen molar-refractivity contribution in [1.82, 2.24) is 4.90 Å². The summed E-state index contributed by atoms with van der Waals surface area (Å²) in [5, 5.41) is 0. The number of likely N-dealkylation sites (tertiary alicyclic amines) is 1. The van der Waals surface area contributed by atoms with Gasteiger partial charge in [0.1, 0.15) is 5.41 Å². The summed E-state index contributed by atoms with van der Waals surface area (Å²) in [6.07, 6.45) is -4.36. The molecule has 0 radical (unpaired) electrons. The molecule has 2 N–H and O–H groups in total. The first-order valence-electron chi connectivity index (χ1n) is 5.27. The van der Waals surface area contributed by atoms with Gasteiger partial charge in [0, 0.05) is 19.0 Å². The molecule has 0 aromatic carbocycles. The lowest BCUT2D eigenvalue weighted by Crippen LogP contribution is -2.38. The quantitative estimate of drug-likeness (QED) is 0.742. The van der Waals surface area contributed by atoms with Gasteiger partial charge in [-0.15, -0.1) is 0 Å². The molecule has 1 amide bonds. The largest absolute Gasteiger partial charge is 0.398 e. The summed E-state index contributed by atoms with van der Waals surface area (Å²) in [7, 11) is 0. The van der Waals surface area contributed by atoms with Crippen molar-refractivity contribution in [2.75, 3.05) is 13.1 Å². The van der Waals surface area contributed by atoms with Crippen molar-refractivity contribution < 1.29 is 18.0 Å². The Hall–Kier alpha value is -0.780. The molecule has 6 heteroatoms. The van der Waals surface area contributed by atoms with E-state index in [1.807, 2.05) is 0 Å². The topological polar surface area (TPSA) is 46.3 Å². The van der Waals surface area contributed by atoms with Crippen LogP contribution in [0.5, 0.6) is 0 Å². The van der Waals surface area contributed by atoms with Crippen molar-refractivity contribution in [3.8, 4) is 0 Å². The fraction of sp³-hybridized carbons (Fsp3) is 0.900.